The molecule has 34 heavy (non-hydrogen) atoms. The third-order valence-electron chi connectivity index (χ3n) is 6.23. The number of hydrogen-bond acceptors (Lipinski definition) is 5. The number of aliphatic hydroxyl groups excluding tert-OH is 1. The van der Waals surface area contributed by atoms with Crippen LogP contribution in [0, 0.1) is 0 Å². The number of nitrogens with zero attached hydrogens (tertiary/aromatic N) is 1. The number of ketones is 1. The van der Waals surface area contributed by atoms with Crippen LogP contribution in [0.15, 0.2) is 54.1 Å². The van der Waals surface area contributed by atoms with Crippen LogP contribution < -0.4 is 9.64 Å². The lowest BCUT2D eigenvalue weighted by atomic mass is 9.95. The van der Waals surface area contributed by atoms with Gasteiger partial charge in [0.15, 0.2) is 0 Å². The largest absolute Gasteiger partial charge is 0.507 e. The topological polar surface area (TPSA) is 80.5 Å². The highest BCUT2D eigenvalue weighted by Gasteiger charge is 2.46. The van der Waals surface area contributed by atoms with Crippen molar-refractivity contribution < 1.29 is 29.1 Å². The monoisotopic (exact) mass is 485 g/mol. The minimum atomic E-state index is -0.686. The van der Waals surface area contributed by atoms with Crippen LogP contribution in [0.5, 0.6) is 5.75 Å². The first-order chi connectivity index (χ1) is 16.5. The van der Waals surface area contributed by atoms with E-state index in [1.165, 1.54) is 4.90 Å². The lowest BCUT2D eigenvalue weighted by Gasteiger charge is -2.29. The molecule has 2 aromatic carbocycles. The number of amides is 1. The lowest BCUT2D eigenvalue weighted by molar-refractivity contribution is -0.907. The van der Waals surface area contributed by atoms with E-state index >= 15 is 0 Å². The number of quaternary nitrogens is 1. The molecule has 0 aromatic heterocycles. The molecule has 2 heterocycles. The summed E-state index contributed by atoms with van der Waals surface area (Å²) in [6.07, 6.45) is 0.887. The normalized spacial score (nSPS) is 20.6. The van der Waals surface area contributed by atoms with Crippen molar-refractivity contribution in [3.8, 4) is 5.75 Å². The molecule has 2 aliphatic heterocycles. The Kier molecular flexibility index (Phi) is 7.88. The maximum absolute atomic E-state index is 13.2. The van der Waals surface area contributed by atoms with E-state index in [0.29, 0.717) is 49.2 Å². The van der Waals surface area contributed by atoms with Crippen LogP contribution in [-0.2, 0) is 14.3 Å². The predicted octanol–water partition coefficient (Wildman–Crippen LogP) is 2.47. The molecule has 7 nitrogen and oxygen atoms in total. The van der Waals surface area contributed by atoms with Gasteiger partial charge in [0, 0.05) is 10.6 Å². The SMILES string of the molecule is CCCOc1ccc(C(O)=C2C(=O)C(=O)N(CC[NH+]3CCOCC3)[C@H]2c2ccc(Cl)cc2)cc1. The molecule has 0 saturated carbocycles. The molecule has 4 rings (SSSR count). The molecule has 0 spiro atoms. The Labute approximate surface area is 204 Å². The minimum absolute atomic E-state index is 0.0894. The summed E-state index contributed by atoms with van der Waals surface area (Å²) in [4.78, 5) is 29.1. The second-order valence-corrected chi connectivity index (χ2v) is 8.97. The average molecular weight is 486 g/mol. The summed E-state index contributed by atoms with van der Waals surface area (Å²) in [5.74, 6) is -0.791. The molecule has 0 unspecified atom stereocenters. The lowest BCUT2D eigenvalue weighted by Crippen LogP contribution is -3.14. The fourth-order valence-electron chi connectivity index (χ4n) is 4.38. The van der Waals surface area contributed by atoms with E-state index in [1.54, 1.807) is 53.4 Å². The van der Waals surface area contributed by atoms with Crippen molar-refractivity contribution in [1.29, 1.82) is 0 Å². The Morgan fingerprint density at radius 3 is 2.44 bits per heavy atom. The standard InChI is InChI=1S/C26H29ClN2O5/c1-2-15-34-21-9-5-19(6-10-21)24(30)22-23(18-3-7-20(27)8-4-18)29(26(32)25(22)31)12-11-28-13-16-33-17-14-28/h3-10,23,30H,2,11-17H2,1H3/p+1/t23-/m0/s1. The van der Waals surface area contributed by atoms with Gasteiger partial charge in [0.05, 0.1) is 44.5 Å². The van der Waals surface area contributed by atoms with E-state index in [9.17, 15) is 14.7 Å². The van der Waals surface area contributed by atoms with E-state index < -0.39 is 17.7 Å². The number of rotatable bonds is 8. The fourth-order valence-corrected chi connectivity index (χ4v) is 4.50. The molecule has 2 N–H and O–H groups in total. The summed E-state index contributed by atoms with van der Waals surface area (Å²) in [6.45, 7) is 6.82. The quantitative estimate of drug-likeness (QED) is 0.341. The summed E-state index contributed by atoms with van der Waals surface area (Å²) in [5, 5.41) is 11.7. The van der Waals surface area contributed by atoms with Crippen LogP contribution in [0.25, 0.3) is 5.76 Å². The predicted molar refractivity (Wildman–Crippen MR) is 129 cm³/mol. The van der Waals surface area contributed by atoms with Crippen LogP contribution in [0.3, 0.4) is 0 Å². The molecule has 0 aliphatic carbocycles. The minimum Gasteiger partial charge on any atom is -0.507 e. The van der Waals surface area contributed by atoms with Gasteiger partial charge in [0.1, 0.15) is 24.6 Å². The van der Waals surface area contributed by atoms with Crippen molar-refractivity contribution >= 4 is 29.1 Å². The van der Waals surface area contributed by atoms with Gasteiger partial charge in [0.2, 0.25) is 0 Å². The second kappa shape index (κ2) is 11.0. The summed E-state index contributed by atoms with van der Waals surface area (Å²) in [5.41, 5.74) is 1.27. The molecule has 2 aromatic rings. The first-order valence-corrected chi connectivity index (χ1v) is 12.1. The van der Waals surface area contributed by atoms with Gasteiger partial charge in [-0.05, 0) is 48.4 Å². The van der Waals surface area contributed by atoms with E-state index in [1.807, 2.05) is 6.92 Å². The molecule has 2 aliphatic rings. The van der Waals surface area contributed by atoms with Crippen molar-refractivity contribution in [3.63, 3.8) is 0 Å². The summed E-state index contributed by atoms with van der Waals surface area (Å²) >= 11 is 6.08. The van der Waals surface area contributed by atoms with Crippen molar-refractivity contribution in [1.82, 2.24) is 4.90 Å². The van der Waals surface area contributed by atoms with E-state index in [4.69, 9.17) is 21.1 Å². The third-order valence-corrected chi connectivity index (χ3v) is 6.48. The summed E-state index contributed by atoms with van der Waals surface area (Å²) in [7, 11) is 0. The molecular formula is C26H30ClN2O5+. The Hall–Kier alpha value is -2.87. The third kappa shape index (κ3) is 5.27. The molecule has 0 radical (unpaired) electrons. The zero-order valence-electron chi connectivity index (χ0n) is 19.3. The number of halogens is 1. The fraction of sp³-hybridized carbons (Fsp3) is 0.385. The second-order valence-electron chi connectivity index (χ2n) is 8.53. The summed E-state index contributed by atoms with van der Waals surface area (Å²) < 4.78 is 11.0. The van der Waals surface area contributed by atoms with Crippen molar-refractivity contribution in [2.75, 3.05) is 46.0 Å². The van der Waals surface area contributed by atoms with E-state index in [0.717, 1.165) is 25.1 Å². The number of hydrogen-bond donors (Lipinski definition) is 2. The van der Waals surface area contributed by atoms with Gasteiger partial charge in [-0.1, -0.05) is 30.7 Å². The van der Waals surface area contributed by atoms with Gasteiger partial charge < -0.3 is 24.4 Å². The zero-order valence-corrected chi connectivity index (χ0v) is 20.0. The number of morpholine rings is 1. The highest BCUT2D eigenvalue weighted by molar-refractivity contribution is 6.46. The van der Waals surface area contributed by atoms with E-state index in [2.05, 4.69) is 0 Å². The van der Waals surface area contributed by atoms with Crippen LogP contribution in [-0.4, -0.2) is 67.7 Å². The Bertz CT molecular complexity index is 1050. The highest BCUT2D eigenvalue weighted by Crippen LogP contribution is 2.39. The Morgan fingerprint density at radius 1 is 1.12 bits per heavy atom. The zero-order chi connectivity index (χ0) is 24.1. The van der Waals surface area contributed by atoms with Crippen molar-refractivity contribution in [2.24, 2.45) is 0 Å². The van der Waals surface area contributed by atoms with Crippen LogP contribution in [0.2, 0.25) is 5.02 Å². The van der Waals surface area contributed by atoms with Gasteiger partial charge >= 0.3 is 0 Å². The van der Waals surface area contributed by atoms with E-state index in [-0.39, 0.29) is 11.3 Å². The van der Waals surface area contributed by atoms with Gasteiger partial charge in [-0.15, -0.1) is 0 Å². The first kappa shape index (κ1) is 24.3. The number of aliphatic hydroxyl groups is 1. The number of benzene rings is 2. The number of Topliss-reactive ketones (excluding diaryl/α,β-unsaturated/α-hetero) is 1. The Morgan fingerprint density at radius 2 is 1.79 bits per heavy atom. The molecular weight excluding hydrogens is 456 g/mol. The highest BCUT2D eigenvalue weighted by atomic mass is 35.5. The van der Waals surface area contributed by atoms with Gasteiger partial charge in [-0.25, -0.2) is 0 Å². The molecule has 8 heteroatoms. The van der Waals surface area contributed by atoms with Gasteiger partial charge in [-0.3, -0.25) is 9.59 Å². The number of carbonyl (C=O) groups is 2. The molecule has 2 saturated heterocycles. The molecule has 1 amide bonds. The molecule has 1 atom stereocenters. The number of likely N-dealkylation sites (tertiary alicyclic amines) is 1. The number of nitrogens with one attached hydrogen (secondary N) is 1. The van der Waals surface area contributed by atoms with Crippen LogP contribution in [0.4, 0.5) is 0 Å². The smallest absolute Gasteiger partial charge is 0.295 e. The average Bonchev–Trinajstić information content (AvgIpc) is 3.12. The maximum atomic E-state index is 13.2. The van der Waals surface area contributed by atoms with Gasteiger partial charge in [0.25, 0.3) is 11.7 Å². The number of carbonyl (C=O) groups excluding carboxylic acids is 2. The van der Waals surface area contributed by atoms with Gasteiger partial charge in [-0.2, -0.15) is 0 Å². The van der Waals surface area contributed by atoms with Crippen molar-refractivity contribution in [3.05, 3.63) is 70.3 Å². The first-order valence-electron chi connectivity index (χ1n) is 11.7. The molecule has 0 bridgehead atoms. The maximum Gasteiger partial charge on any atom is 0.295 e. The molecule has 180 valence electrons. The summed E-state index contributed by atoms with van der Waals surface area (Å²) in [6, 6.07) is 13.3. The Balaban J connectivity index is 1.67. The molecule has 2 fully saturated rings. The van der Waals surface area contributed by atoms with Crippen LogP contribution >= 0.6 is 11.6 Å². The van der Waals surface area contributed by atoms with Crippen LogP contribution in [0.1, 0.15) is 30.5 Å². The van der Waals surface area contributed by atoms with Crippen molar-refractivity contribution in [2.45, 2.75) is 19.4 Å². The number of ether oxygens (including phenoxy) is 2.